The molecule has 3 nitrogen and oxygen atoms in total. The summed E-state index contributed by atoms with van der Waals surface area (Å²) in [5.74, 6) is -0.0396. The summed E-state index contributed by atoms with van der Waals surface area (Å²) in [5.41, 5.74) is 5.66. The maximum atomic E-state index is 10.5. The van der Waals surface area contributed by atoms with E-state index in [2.05, 4.69) is 0 Å². The number of benzene rings is 1. The molecule has 0 heterocycles. The SMILES string of the molecule is NCCSc1ccc(C(=O)O)cc1. The number of carbonyl (C=O) groups is 1. The first-order valence-electron chi connectivity index (χ1n) is 3.90. The normalized spacial score (nSPS) is 9.92. The zero-order chi connectivity index (χ0) is 9.68. The van der Waals surface area contributed by atoms with Crippen molar-refractivity contribution in [3.63, 3.8) is 0 Å². The number of carboxylic acids is 1. The third-order valence-corrected chi connectivity index (χ3v) is 2.53. The fourth-order valence-corrected chi connectivity index (χ4v) is 1.55. The second kappa shape index (κ2) is 4.89. The fraction of sp³-hybridized carbons (Fsp3) is 0.222. The molecule has 13 heavy (non-hydrogen) atoms. The van der Waals surface area contributed by atoms with Crippen LogP contribution in [0.5, 0.6) is 0 Å². The van der Waals surface area contributed by atoms with Crippen molar-refractivity contribution in [1.29, 1.82) is 0 Å². The monoisotopic (exact) mass is 197 g/mol. The van der Waals surface area contributed by atoms with Crippen LogP contribution in [0.4, 0.5) is 0 Å². The Morgan fingerprint density at radius 2 is 2.00 bits per heavy atom. The summed E-state index contributed by atoms with van der Waals surface area (Å²) in [6, 6.07) is 6.79. The zero-order valence-electron chi connectivity index (χ0n) is 7.06. The molecule has 0 amide bonds. The summed E-state index contributed by atoms with van der Waals surface area (Å²) in [6.45, 7) is 0.630. The van der Waals surface area contributed by atoms with Crippen LogP contribution < -0.4 is 5.73 Å². The van der Waals surface area contributed by atoms with Crippen molar-refractivity contribution >= 4 is 17.7 Å². The molecule has 0 bridgehead atoms. The molecule has 4 heteroatoms. The third-order valence-electron chi connectivity index (χ3n) is 1.49. The molecule has 1 rings (SSSR count). The van der Waals surface area contributed by atoms with Gasteiger partial charge in [-0.15, -0.1) is 11.8 Å². The predicted molar refractivity (Wildman–Crippen MR) is 53.2 cm³/mol. The van der Waals surface area contributed by atoms with Gasteiger partial charge in [0.15, 0.2) is 0 Å². The maximum Gasteiger partial charge on any atom is 0.335 e. The molecule has 1 aromatic rings. The maximum absolute atomic E-state index is 10.5. The van der Waals surface area contributed by atoms with Crippen molar-refractivity contribution in [2.24, 2.45) is 5.73 Å². The first kappa shape index (κ1) is 10.1. The van der Waals surface area contributed by atoms with Crippen LogP contribution in [0.15, 0.2) is 29.2 Å². The molecule has 0 atom stereocenters. The molecular weight excluding hydrogens is 186 g/mol. The van der Waals surface area contributed by atoms with Crippen molar-refractivity contribution in [2.45, 2.75) is 4.90 Å². The Morgan fingerprint density at radius 1 is 1.38 bits per heavy atom. The van der Waals surface area contributed by atoms with Gasteiger partial charge in [0.25, 0.3) is 0 Å². The van der Waals surface area contributed by atoms with E-state index >= 15 is 0 Å². The Kier molecular flexibility index (Phi) is 3.79. The minimum atomic E-state index is -0.893. The molecule has 0 unspecified atom stereocenters. The van der Waals surface area contributed by atoms with Gasteiger partial charge < -0.3 is 10.8 Å². The van der Waals surface area contributed by atoms with Crippen molar-refractivity contribution in [2.75, 3.05) is 12.3 Å². The van der Waals surface area contributed by atoms with E-state index in [0.717, 1.165) is 10.6 Å². The molecule has 0 aliphatic carbocycles. The molecule has 3 N–H and O–H groups in total. The Labute approximate surface area is 80.9 Å². The zero-order valence-corrected chi connectivity index (χ0v) is 7.88. The molecule has 1 aromatic carbocycles. The first-order valence-corrected chi connectivity index (χ1v) is 4.89. The highest BCUT2D eigenvalue weighted by Gasteiger charge is 2.00. The van der Waals surface area contributed by atoms with Gasteiger partial charge in [-0.3, -0.25) is 0 Å². The van der Waals surface area contributed by atoms with E-state index in [0.29, 0.717) is 12.1 Å². The molecule has 0 aromatic heterocycles. The summed E-state index contributed by atoms with van der Waals surface area (Å²) in [6.07, 6.45) is 0. The quantitative estimate of drug-likeness (QED) is 0.717. The average Bonchev–Trinajstić information content (AvgIpc) is 2.15. The minimum Gasteiger partial charge on any atom is -0.478 e. The highest BCUT2D eigenvalue weighted by atomic mass is 32.2. The molecule has 0 saturated heterocycles. The van der Waals surface area contributed by atoms with Gasteiger partial charge in [0.1, 0.15) is 0 Å². The van der Waals surface area contributed by atoms with Crippen LogP contribution in [0, 0.1) is 0 Å². The predicted octanol–water partition coefficient (Wildman–Crippen LogP) is 1.44. The van der Waals surface area contributed by atoms with Crippen LogP contribution in [0.3, 0.4) is 0 Å². The van der Waals surface area contributed by atoms with E-state index < -0.39 is 5.97 Å². The second-order valence-electron chi connectivity index (χ2n) is 2.47. The number of nitrogens with two attached hydrogens (primary N) is 1. The largest absolute Gasteiger partial charge is 0.478 e. The Bertz CT molecular complexity index is 284. The van der Waals surface area contributed by atoms with Crippen molar-refractivity contribution in [1.82, 2.24) is 0 Å². The lowest BCUT2D eigenvalue weighted by Gasteiger charge is -1.99. The summed E-state index contributed by atoms with van der Waals surface area (Å²) < 4.78 is 0. The summed E-state index contributed by atoms with van der Waals surface area (Å²) >= 11 is 1.62. The fourth-order valence-electron chi connectivity index (χ4n) is 0.871. The van der Waals surface area contributed by atoms with Gasteiger partial charge in [0, 0.05) is 17.2 Å². The van der Waals surface area contributed by atoms with Crippen LogP contribution in [0.2, 0.25) is 0 Å². The number of carboxylic acid groups (broad SMARTS) is 1. The molecule has 0 radical (unpaired) electrons. The van der Waals surface area contributed by atoms with E-state index in [9.17, 15) is 4.79 Å². The van der Waals surface area contributed by atoms with Gasteiger partial charge in [0.2, 0.25) is 0 Å². The molecule has 0 saturated carbocycles. The standard InChI is InChI=1S/C9H11NO2S/c10-5-6-13-8-3-1-7(2-4-8)9(11)12/h1-4H,5-6,10H2,(H,11,12). The lowest BCUT2D eigenvalue weighted by atomic mass is 10.2. The third kappa shape index (κ3) is 3.08. The number of hydrogen-bond donors (Lipinski definition) is 2. The smallest absolute Gasteiger partial charge is 0.335 e. The number of thioether (sulfide) groups is 1. The molecule has 0 fully saturated rings. The summed E-state index contributed by atoms with van der Waals surface area (Å²) in [4.78, 5) is 11.6. The van der Waals surface area contributed by atoms with Crippen molar-refractivity contribution < 1.29 is 9.90 Å². The van der Waals surface area contributed by atoms with Crippen molar-refractivity contribution in [3.05, 3.63) is 29.8 Å². The van der Waals surface area contributed by atoms with Gasteiger partial charge >= 0.3 is 5.97 Å². The number of hydrogen-bond acceptors (Lipinski definition) is 3. The van der Waals surface area contributed by atoms with Gasteiger partial charge in [0.05, 0.1) is 5.56 Å². The van der Waals surface area contributed by atoms with E-state index in [4.69, 9.17) is 10.8 Å². The summed E-state index contributed by atoms with van der Waals surface area (Å²) in [7, 11) is 0. The highest BCUT2D eigenvalue weighted by Crippen LogP contribution is 2.17. The van der Waals surface area contributed by atoms with Crippen LogP contribution in [0.1, 0.15) is 10.4 Å². The first-order chi connectivity index (χ1) is 6.24. The van der Waals surface area contributed by atoms with Crippen LogP contribution >= 0.6 is 11.8 Å². The lowest BCUT2D eigenvalue weighted by molar-refractivity contribution is 0.0697. The minimum absolute atomic E-state index is 0.317. The van der Waals surface area contributed by atoms with E-state index in [1.54, 1.807) is 36.0 Å². The number of aromatic carboxylic acids is 1. The Balaban J connectivity index is 2.64. The Hall–Kier alpha value is -1.00. The second-order valence-corrected chi connectivity index (χ2v) is 3.63. The van der Waals surface area contributed by atoms with Crippen LogP contribution in [-0.4, -0.2) is 23.4 Å². The van der Waals surface area contributed by atoms with Crippen LogP contribution in [0.25, 0.3) is 0 Å². The van der Waals surface area contributed by atoms with Crippen LogP contribution in [-0.2, 0) is 0 Å². The highest BCUT2D eigenvalue weighted by molar-refractivity contribution is 7.99. The molecule has 70 valence electrons. The van der Waals surface area contributed by atoms with Gasteiger partial charge in [-0.05, 0) is 24.3 Å². The van der Waals surface area contributed by atoms with Crippen molar-refractivity contribution in [3.8, 4) is 0 Å². The van der Waals surface area contributed by atoms with E-state index in [-0.39, 0.29) is 0 Å². The van der Waals surface area contributed by atoms with Gasteiger partial charge in [-0.2, -0.15) is 0 Å². The van der Waals surface area contributed by atoms with E-state index in [1.165, 1.54) is 0 Å². The molecule has 0 aliphatic rings. The van der Waals surface area contributed by atoms with Gasteiger partial charge in [-0.25, -0.2) is 4.79 Å². The number of rotatable bonds is 4. The molecule has 0 aliphatic heterocycles. The van der Waals surface area contributed by atoms with E-state index in [1.807, 2.05) is 0 Å². The van der Waals surface area contributed by atoms with Gasteiger partial charge in [-0.1, -0.05) is 0 Å². The summed E-state index contributed by atoms with van der Waals surface area (Å²) in [5, 5.41) is 8.62. The molecular formula is C9H11NO2S. The Morgan fingerprint density at radius 3 is 2.46 bits per heavy atom. The molecule has 0 spiro atoms. The lowest BCUT2D eigenvalue weighted by Crippen LogP contribution is -2.01. The average molecular weight is 197 g/mol. The topological polar surface area (TPSA) is 63.3 Å².